The van der Waals surface area contributed by atoms with Gasteiger partial charge in [0.05, 0.1) is 0 Å². The van der Waals surface area contributed by atoms with Crippen LogP contribution in [0.25, 0.3) is 0 Å². The Morgan fingerprint density at radius 2 is 2.00 bits per heavy atom. The van der Waals surface area contributed by atoms with E-state index < -0.39 is 0 Å². The first-order valence-corrected chi connectivity index (χ1v) is 6.66. The highest BCUT2D eigenvalue weighted by Gasteiger charge is 2.07. The minimum atomic E-state index is 0.305. The molecule has 0 radical (unpaired) electrons. The van der Waals surface area contributed by atoms with Crippen molar-refractivity contribution in [2.24, 2.45) is 0 Å². The van der Waals surface area contributed by atoms with Crippen molar-refractivity contribution in [3.8, 4) is 0 Å². The minimum Gasteiger partial charge on any atom is -0.368 e. The third-order valence-electron chi connectivity index (χ3n) is 2.80. The molecule has 0 unspecified atom stereocenters. The van der Waals surface area contributed by atoms with Crippen LogP contribution in [-0.2, 0) is 13.0 Å². The molecule has 3 N–H and O–H groups in total. The maximum absolute atomic E-state index is 5.85. The van der Waals surface area contributed by atoms with Crippen LogP contribution in [-0.4, -0.2) is 20.8 Å². The molecule has 19 heavy (non-hydrogen) atoms. The van der Waals surface area contributed by atoms with Gasteiger partial charge < -0.3 is 11.1 Å². The monoisotopic (exact) mass is 259 g/mol. The van der Waals surface area contributed by atoms with Gasteiger partial charge in [-0.05, 0) is 32.3 Å². The van der Waals surface area contributed by atoms with Crippen LogP contribution in [0.3, 0.4) is 0 Å². The quantitative estimate of drug-likeness (QED) is 0.835. The summed E-state index contributed by atoms with van der Waals surface area (Å²) in [5, 5.41) is 7.50. The van der Waals surface area contributed by atoms with Crippen molar-refractivity contribution in [1.82, 2.24) is 14.8 Å². The number of nitrogens with one attached hydrogen (secondary N) is 1. The van der Waals surface area contributed by atoms with E-state index in [0.29, 0.717) is 17.9 Å². The van der Waals surface area contributed by atoms with Crippen molar-refractivity contribution in [1.29, 1.82) is 0 Å². The van der Waals surface area contributed by atoms with Gasteiger partial charge in [-0.2, -0.15) is 4.98 Å². The summed E-state index contributed by atoms with van der Waals surface area (Å²) in [4.78, 5) is 4.19. The maximum Gasteiger partial charge on any atom is 0.244 e. The molecule has 0 saturated heterocycles. The molecule has 5 heteroatoms. The normalized spacial score (nSPS) is 10.9. The van der Waals surface area contributed by atoms with Gasteiger partial charge >= 0.3 is 0 Å². The highest BCUT2D eigenvalue weighted by atomic mass is 15.4. The second-order valence-electron chi connectivity index (χ2n) is 4.90. The van der Waals surface area contributed by atoms with Crippen LogP contribution in [0.4, 0.5) is 11.9 Å². The van der Waals surface area contributed by atoms with Crippen LogP contribution in [0.5, 0.6) is 0 Å². The number of aryl methyl sites for hydroxylation is 2. The molecule has 2 rings (SSSR count). The number of nitrogens with zero attached hydrogens (tertiary/aromatic N) is 3. The van der Waals surface area contributed by atoms with E-state index in [0.717, 1.165) is 19.4 Å². The summed E-state index contributed by atoms with van der Waals surface area (Å²) >= 11 is 0. The summed E-state index contributed by atoms with van der Waals surface area (Å²) in [7, 11) is 0. The van der Waals surface area contributed by atoms with Gasteiger partial charge in [0.25, 0.3) is 0 Å². The Balaban J connectivity index is 1.87. The third kappa shape index (κ3) is 3.98. The summed E-state index contributed by atoms with van der Waals surface area (Å²) in [5.41, 5.74) is 7.18. The van der Waals surface area contributed by atoms with Gasteiger partial charge in [0.1, 0.15) is 0 Å². The molecule has 0 fully saturated rings. The molecule has 1 aromatic carbocycles. The fraction of sp³-hybridized carbons (Fsp3) is 0.429. The Morgan fingerprint density at radius 3 is 2.68 bits per heavy atom. The largest absolute Gasteiger partial charge is 0.368 e. The number of aromatic nitrogens is 3. The number of rotatable bonds is 6. The van der Waals surface area contributed by atoms with Crippen molar-refractivity contribution in [2.45, 2.75) is 39.3 Å². The van der Waals surface area contributed by atoms with Gasteiger partial charge in [-0.25, -0.2) is 4.68 Å². The second kappa shape index (κ2) is 6.22. The second-order valence-corrected chi connectivity index (χ2v) is 4.90. The van der Waals surface area contributed by atoms with Crippen molar-refractivity contribution in [3.63, 3.8) is 0 Å². The molecule has 5 nitrogen and oxygen atoms in total. The molecule has 0 saturated carbocycles. The van der Waals surface area contributed by atoms with Crippen LogP contribution in [0, 0.1) is 0 Å². The predicted molar refractivity (Wildman–Crippen MR) is 78.0 cm³/mol. The molecular formula is C14H21N5. The molecule has 0 aliphatic heterocycles. The van der Waals surface area contributed by atoms with E-state index in [4.69, 9.17) is 5.73 Å². The average Bonchev–Trinajstić information content (AvgIpc) is 2.70. The first-order chi connectivity index (χ1) is 9.15. The Morgan fingerprint density at radius 1 is 1.26 bits per heavy atom. The number of nitrogen functional groups attached to an aromatic ring is 1. The molecule has 102 valence electrons. The van der Waals surface area contributed by atoms with Gasteiger partial charge in [-0.1, -0.05) is 30.3 Å². The number of benzene rings is 1. The molecule has 0 amide bonds. The SMILES string of the molecule is CC(C)Nc1nc(N)n(CCCc2ccccc2)n1. The lowest BCUT2D eigenvalue weighted by Crippen LogP contribution is -2.11. The molecule has 1 aromatic heterocycles. The van der Waals surface area contributed by atoms with Crippen molar-refractivity contribution in [2.75, 3.05) is 11.1 Å². The summed E-state index contributed by atoms with van der Waals surface area (Å²) in [6.45, 7) is 4.88. The molecule has 0 spiro atoms. The lowest BCUT2D eigenvalue weighted by molar-refractivity contribution is 0.586. The molecule has 0 atom stereocenters. The standard InChI is InChI=1S/C14H21N5/c1-11(2)16-14-17-13(15)19(18-14)10-6-9-12-7-4-3-5-8-12/h3-5,7-8,11H,6,9-10H2,1-2H3,(H3,15,16,17,18). The molecular weight excluding hydrogens is 238 g/mol. The minimum absolute atomic E-state index is 0.305. The lowest BCUT2D eigenvalue weighted by atomic mass is 10.1. The molecule has 0 aliphatic carbocycles. The number of hydrogen-bond acceptors (Lipinski definition) is 4. The smallest absolute Gasteiger partial charge is 0.244 e. The molecule has 1 heterocycles. The Hall–Kier alpha value is -2.04. The van der Waals surface area contributed by atoms with E-state index in [1.54, 1.807) is 4.68 Å². The summed E-state index contributed by atoms with van der Waals surface area (Å²) in [5.74, 6) is 1.07. The zero-order valence-corrected chi connectivity index (χ0v) is 11.5. The topological polar surface area (TPSA) is 68.8 Å². The fourth-order valence-electron chi connectivity index (χ4n) is 1.92. The Bertz CT molecular complexity index is 504. The summed E-state index contributed by atoms with van der Waals surface area (Å²) < 4.78 is 1.76. The van der Waals surface area contributed by atoms with Crippen molar-refractivity contribution < 1.29 is 0 Å². The molecule has 2 aromatic rings. The van der Waals surface area contributed by atoms with Crippen LogP contribution in [0.2, 0.25) is 0 Å². The van der Waals surface area contributed by atoms with Crippen LogP contribution in [0.15, 0.2) is 30.3 Å². The molecule has 0 aliphatic rings. The average molecular weight is 259 g/mol. The summed E-state index contributed by atoms with van der Waals surface area (Å²) in [6, 6.07) is 10.7. The third-order valence-corrected chi connectivity index (χ3v) is 2.80. The van der Waals surface area contributed by atoms with Crippen LogP contribution < -0.4 is 11.1 Å². The van der Waals surface area contributed by atoms with Crippen LogP contribution in [0.1, 0.15) is 25.8 Å². The van der Waals surface area contributed by atoms with Crippen molar-refractivity contribution in [3.05, 3.63) is 35.9 Å². The summed E-state index contributed by atoms with van der Waals surface area (Å²) in [6.07, 6.45) is 2.02. The van der Waals surface area contributed by atoms with Gasteiger partial charge in [0.2, 0.25) is 11.9 Å². The van der Waals surface area contributed by atoms with Crippen molar-refractivity contribution >= 4 is 11.9 Å². The first-order valence-electron chi connectivity index (χ1n) is 6.66. The van der Waals surface area contributed by atoms with Gasteiger partial charge in [-0.3, -0.25) is 0 Å². The zero-order valence-electron chi connectivity index (χ0n) is 11.5. The fourth-order valence-corrected chi connectivity index (χ4v) is 1.92. The van der Waals surface area contributed by atoms with E-state index in [1.807, 2.05) is 19.9 Å². The molecule has 0 bridgehead atoms. The van der Waals surface area contributed by atoms with Gasteiger partial charge in [-0.15, -0.1) is 5.10 Å². The predicted octanol–water partition coefficient (Wildman–Crippen LogP) is 2.31. The first kappa shape index (κ1) is 13.4. The van der Waals surface area contributed by atoms with Crippen LogP contribution >= 0.6 is 0 Å². The highest BCUT2D eigenvalue weighted by molar-refractivity contribution is 5.31. The Kier molecular flexibility index (Phi) is 4.39. The van der Waals surface area contributed by atoms with E-state index in [1.165, 1.54) is 5.56 Å². The van der Waals surface area contributed by atoms with E-state index >= 15 is 0 Å². The van der Waals surface area contributed by atoms with E-state index in [9.17, 15) is 0 Å². The zero-order chi connectivity index (χ0) is 13.7. The van der Waals surface area contributed by atoms with E-state index in [2.05, 4.69) is 39.7 Å². The Labute approximate surface area is 113 Å². The number of anilines is 2. The van der Waals surface area contributed by atoms with Gasteiger partial charge in [0, 0.05) is 12.6 Å². The van der Waals surface area contributed by atoms with Gasteiger partial charge in [0.15, 0.2) is 0 Å². The number of hydrogen-bond donors (Lipinski definition) is 2. The number of nitrogens with two attached hydrogens (primary N) is 1. The highest BCUT2D eigenvalue weighted by Crippen LogP contribution is 2.09. The maximum atomic E-state index is 5.85. The van der Waals surface area contributed by atoms with E-state index in [-0.39, 0.29) is 0 Å². The lowest BCUT2D eigenvalue weighted by Gasteiger charge is -2.04.